The molecule has 1 aliphatic rings. The summed E-state index contributed by atoms with van der Waals surface area (Å²) in [6.07, 6.45) is 5.13. The Morgan fingerprint density at radius 2 is 2.00 bits per heavy atom. The van der Waals surface area contributed by atoms with Gasteiger partial charge in [-0.05, 0) is 33.6 Å². The van der Waals surface area contributed by atoms with E-state index in [4.69, 9.17) is 0 Å². The van der Waals surface area contributed by atoms with Crippen molar-refractivity contribution < 1.29 is 4.79 Å². The second kappa shape index (κ2) is 3.54. The largest absolute Gasteiger partial charge is 0.303 e. The molecule has 1 fully saturated rings. The highest BCUT2D eigenvalue weighted by molar-refractivity contribution is 5.61. The minimum absolute atomic E-state index is 0.0633. The third-order valence-electron chi connectivity index (χ3n) is 2.50. The molecule has 1 aliphatic carbocycles. The van der Waals surface area contributed by atoms with Crippen LogP contribution >= 0.6 is 0 Å². The van der Waals surface area contributed by atoms with Crippen molar-refractivity contribution in [2.45, 2.75) is 46.5 Å². The second-order valence-electron chi connectivity index (χ2n) is 5.06. The average molecular weight is 178 g/mol. The molecule has 0 aromatic heterocycles. The fraction of sp³-hybridized carbons (Fsp3) is 0.750. The number of carbonyl (C=O) groups is 1. The first-order chi connectivity index (χ1) is 5.97. The first-order valence-electron chi connectivity index (χ1n) is 4.94. The van der Waals surface area contributed by atoms with E-state index in [-0.39, 0.29) is 10.8 Å². The summed E-state index contributed by atoms with van der Waals surface area (Å²) in [6.45, 7) is 6.27. The topological polar surface area (TPSA) is 17.1 Å². The lowest BCUT2D eigenvalue weighted by molar-refractivity contribution is -0.120. The summed E-state index contributed by atoms with van der Waals surface area (Å²) in [7, 11) is 0. The molecule has 0 amide bonds. The summed E-state index contributed by atoms with van der Waals surface area (Å²) in [5, 5.41) is 0. The zero-order valence-electron chi connectivity index (χ0n) is 8.81. The van der Waals surface area contributed by atoms with Gasteiger partial charge in [-0.15, -0.1) is 5.92 Å². The van der Waals surface area contributed by atoms with Gasteiger partial charge in [-0.1, -0.05) is 12.3 Å². The Morgan fingerprint density at radius 3 is 2.31 bits per heavy atom. The molecule has 1 saturated carbocycles. The number of hydrogen-bond acceptors (Lipinski definition) is 1. The van der Waals surface area contributed by atoms with Crippen LogP contribution in [0, 0.1) is 22.7 Å². The monoisotopic (exact) mass is 178 g/mol. The smallest absolute Gasteiger partial charge is 0.127 e. The van der Waals surface area contributed by atoms with Crippen LogP contribution in [-0.4, -0.2) is 6.29 Å². The molecule has 0 radical (unpaired) electrons. The van der Waals surface area contributed by atoms with E-state index in [0.717, 1.165) is 25.5 Å². The molecule has 0 aromatic rings. The van der Waals surface area contributed by atoms with Crippen LogP contribution in [0.1, 0.15) is 46.5 Å². The summed E-state index contributed by atoms with van der Waals surface area (Å²) in [5.41, 5.74) is -0.00787. The number of aldehydes is 1. The van der Waals surface area contributed by atoms with Gasteiger partial charge in [0.25, 0.3) is 0 Å². The van der Waals surface area contributed by atoms with E-state index in [2.05, 4.69) is 32.6 Å². The van der Waals surface area contributed by atoms with E-state index in [1.165, 1.54) is 6.42 Å². The van der Waals surface area contributed by atoms with Crippen LogP contribution in [0.2, 0.25) is 0 Å². The van der Waals surface area contributed by atoms with E-state index < -0.39 is 0 Å². The standard InChI is InChI=1S/C12H18O/c1-11(2,3)6-4-7-12(10-13)8-5-9-12/h10H,5,7-9H2,1-3H3. The summed E-state index contributed by atoms with van der Waals surface area (Å²) in [6, 6.07) is 0. The normalized spacial score (nSPS) is 19.6. The summed E-state index contributed by atoms with van der Waals surface area (Å²) in [4.78, 5) is 10.8. The van der Waals surface area contributed by atoms with E-state index in [1.54, 1.807) is 0 Å². The Kier molecular flexibility index (Phi) is 2.81. The van der Waals surface area contributed by atoms with E-state index in [0.29, 0.717) is 0 Å². The first kappa shape index (κ1) is 10.3. The van der Waals surface area contributed by atoms with Crippen molar-refractivity contribution in [3.8, 4) is 11.8 Å². The maximum atomic E-state index is 10.8. The second-order valence-corrected chi connectivity index (χ2v) is 5.06. The molecule has 0 unspecified atom stereocenters. The Bertz CT molecular complexity index is 243. The molecule has 0 aliphatic heterocycles. The Morgan fingerprint density at radius 1 is 1.38 bits per heavy atom. The molecule has 0 bridgehead atoms. The van der Waals surface area contributed by atoms with Crippen LogP contribution in [0.5, 0.6) is 0 Å². The zero-order chi connectivity index (χ0) is 9.95. The lowest BCUT2D eigenvalue weighted by Crippen LogP contribution is -2.30. The molecule has 1 heteroatoms. The molecular weight excluding hydrogens is 160 g/mol. The lowest BCUT2D eigenvalue weighted by atomic mass is 9.68. The third-order valence-corrected chi connectivity index (χ3v) is 2.50. The fourth-order valence-corrected chi connectivity index (χ4v) is 1.45. The maximum absolute atomic E-state index is 10.8. The average Bonchev–Trinajstić information content (AvgIpc) is 1.92. The molecule has 0 N–H and O–H groups in total. The van der Waals surface area contributed by atoms with E-state index in [9.17, 15) is 4.79 Å². The fourth-order valence-electron chi connectivity index (χ4n) is 1.45. The minimum atomic E-state index is -0.0712. The number of carbonyl (C=O) groups excluding carboxylic acids is 1. The minimum Gasteiger partial charge on any atom is -0.303 e. The molecule has 0 heterocycles. The van der Waals surface area contributed by atoms with Gasteiger partial charge in [0.15, 0.2) is 0 Å². The number of hydrogen-bond donors (Lipinski definition) is 0. The predicted octanol–water partition coefficient (Wildman–Crippen LogP) is 2.80. The van der Waals surface area contributed by atoms with Crippen molar-refractivity contribution in [3.63, 3.8) is 0 Å². The van der Waals surface area contributed by atoms with Gasteiger partial charge in [-0.3, -0.25) is 0 Å². The highest BCUT2D eigenvalue weighted by Gasteiger charge is 2.35. The molecule has 1 rings (SSSR count). The molecule has 0 spiro atoms. The van der Waals surface area contributed by atoms with Gasteiger partial charge in [0.1, 0.15) is 6.29 Å². The zero-order valence-corrected chi connectivity index (χ0v) is 8.81. The van der Waals surface area contributed by atoms with Crippen molar-refractivity contribution in [3.05, 3.63) is 0 Å². The Labute approximate surface area is 80.9 Å². The molecule has 0 atom stereocenters. The molecule has 72 valence electrons. The summed E-state index contributed by atoms with van der Waals surface area (Å²) in [5.74, 6) is 6.31. The van der Waals surface area contributed by atoms with Crippen LogP contribution in [0.15, 0.2) is 0 Å². The molecular formula is C12H18O. The highest BCUT2D eigenvalue weighted by atomic mass is 16.1. The van der Waals surface area contributed by atoms with Gasteiger partial charge in [0, 0.05) is 17.3 Å². The van der Waals surface area contributed by atoms with Gasteiger partial charge in [-0.2, -0.15) is 0 Å². The molecule has 0 saturated heterocycles. The van der Waals surface area contributed by atoms with Gasteiger partial charge in [0.05, 0.1) is 0 Å². The molecule has 13 heavy (non-hydrogen) atoms. The van der Waals surface area contributed by atoms with Crippen LogP contribution < -0.4 is 0 Å². The van der Waals surface area contributed by atoms with Gasteiger partial charge in [0.2, 0.25) is 0 Å². The SMILES string of the molecule is CC(C)(C)C#CCC1(C=O)CCC1. The quantitative estimate of drug-likeness (QED) is 0.469. The van der Waals surface area contributed by atoms with Crippen molar-refractivity contribution >= 4 is 6.29 Å². The van der Waals surface area contributed by atoms with E-state index in [1.807, 2.05) is 0 Å². The van der Waals surface area contributed by atoms with Crippen molar-refractivity contribution in [2.24, 2.45) is 10.8 Å². The Balaban J connectivity index is 2.48. The highest BCUT2D eigenvalue weighted by Crippen LogP contribution is 2.41. The molecule has 1 nitrogen and oxygen atoms in total. The maximum Gasteiger partial charge on any atom is 0.127 e. The number of rotatable bonds is 2. The molecule has 0 aromatic carbocycles. The summed E-state index contributed by atoms with van der Waals surface area (Å²) >= 11 is 0. The van der Waals surface area contributed by atoms with E-state index >= 15 is 0 Å². The lowest BCUT2D eigenvalue weighted by Gasteiger charge is -2.34. The van der Waals surface area contributed by atoms with Gasteiger partial charge >= 0.3 is 0 Å². The van der Waals surface area contributed by atoms with Gasteiger partial charge < -0.3 is 4.79 Å². The van der Waals surface area contributed by atoms with Crippen LogP contribution in [-0.2, 0) is 4.79 Å². The van der Waals surface area contributed by atoms with Gasteiger partial charge in [-0.25, -0.2) is 0 Å². The van der Waals surface area contributed by atoms with Crippen molar-refractivity contribution in [2.75, 3.05) is 0 Å². The van der Waals surface area contributed by atoms with Crippen LogP contribution in [0.3, 0.4) is 0 Å². The third kappa shape index (κ3) is 2.88. The predicted molar refractivity (Wildman–Crippen MR) is 54.2 cm³/mol. The van der Waals surface area contributed by atoms with Crippen molar-refractivity contribution in [1.82, 2.24) is 0 Å². The van der Waals surface area contributed by atoms with Crippen LogP contribution in [0.4, 0.5) is 0 Å². The summed E-state index contributed by atoms with van der Waals surface area (Å²) < 4.78 is 0. The first-order valence-corrected chi connectivity index (χ1v) is 4.94. The van der Waals surface area contributed by atoms with Crippen LogP contribution in [0.25, 0.3) is 0 Å². The van der Waals surface area contributed by atoms with Crippen molar-refractivity contribution in [1.29, 1.82) is 0 Å². The Hall–Kier alpha value is -0.770.